The van der Waals surface area contributed by atoms with Gasteiger partial charge in [0.15, 0.2) is 0 Å². The molecular weight excluding hydrogens is 869 g/mol. The molecule has 3 N–H and O–H groups in total. The number of hydrogen-bond acceptors (Lipinski definition) is 12. The maximum Gasteiger partial charge on any atom is 0.329 e. The molecule has 14 nitrogen and oxygen atoms in total. The normalized spacial score (nSPS) is 37.4. The number of carbonyl (C=O) groups excluding carboxylic acids is 4. The predicted molar refractivity (Wildman–Crippen MR) is 256 cm³/mol. The Bertz CT molecular complexity index is 2200. The minimum Gasteiger partial charge on any atom is -0.488 e. The lowest BCUT2D eigenvalue weighted by Crippen LogP contribution is -2.64. The molecule has 1 amide bonds. The summed E-state index contributed by atoms with van der Waals surface area (Å²) in [4.78, 5) is 58.6. The molecule has 2 saturated carbocycles. The number of rotatable bonds is 9. The van der Waals surface area contributed by atoms with Crippen LogP contribution in [0.2, 0.25) is 0 Å². The van der Waals surface area contributed by atoms with E-state index in [0.29, 0.717) is 68.7 Å². The minimum atomic E-state index is -2.53. The molecule has 14 heteroatoms. The monoisotopic (exact) mass is 945 g/mol. The number of piperidine rings is 1. The summed E-state index contributed by atoms with van der Waals surface area (Å²) in [5.74, 6) is -7.29. The van der Waals surface area contributed by atoms with Crippen molar-refractivity contribution in [2.24, 2.45) is 29.6 Å². The Labute approximate surface area is 402 Å². The van der Waals surface area contributed by atoms with Crippen LogP contribution in [0.3, 0.4) is 0 Å². The SMILES string of the molecule is C=CCC1/C=C(\C)CC(C)CC(OC)C2OC(O)(C(=O)C(=O)N3CCCCC3C(=O)OC(C(C)=CC3CCC(Oc4ccc5c(ccn5C5CC5)c4)C(O)C3)C(C)C(O)CC1=O)C(C)CC2OC. The number of aliphatic hydroxyl groups excluding tert-OH is 2. The van der Waals surface area contributed by atoms with Crippen LogP contribution in [0.4, 0.5) is 0 Å². The van der Waals surface area contributed by atoms with Gasteiger partial charge < -0.3 is 48.5 Å². The first kappa shape index (κ1) is 51.7. The highest BCUT2D eigenvalue weighted by molar-refractivity contribution is 6.39. The number of amides is 1. The highest BCUT2D eigenvalue weighted by atomic mass is 16.7. The van der Waals surface area contributed by atoms with Crippen molar-refractivity contribution in [3.63, 3.8) is 0 Å². The summed E-state index contributed by atoms with van der Waals surface area (Å²) in [6.45, 7) is 13.2. The number of nitrogens with zero attached hydrogens (tertiary/aromatic N) is 2. The van der Waals surface area contributed by atoms with Gasteiger partial charge in [0, 0.05) is 68.1 Å². The summed E-state index contributed by atoms with van der Waals surface area (Å²) >= 11 is 0. The second-order valence-electron chi connectivity index (χ2n) is 20.8. The van der Waals surface area contributed by atoms with Crippen molar-refractivity contribution in [3.05, 3.63) is 66.4 Å². The van der Waals surface area contributed by atoms with Crippen LogP contribution < -0.4 is 4.74 Å². The first-order valence-corrected chi connectivity index (χ1v) is 25.1. The van der Waals surface area contributed by atoms with Gasteiger partial charge in [-0.3, -0.25) is 14.4 Å². The Morgan fingerprint density at radius 3 is 2.34 bits per heavy atom. The van der Waals surface area contributed by atoms with E-state index in [-0.39, 0.29) is 43.4 Å². The molecule has 4 fully saturated rings. The summed E-state index contributed by atoms with van der Waals surface area (Å²) in [5, 5.41) is 36.6. The van der Waals surface area contributed by atoms with E-state index in [1.165, 1.54) is 37.5 Å². The van der Waals surface area contributed by atoms with E-state index < -0.39 is 90.0 Å². The third-order valence-electron chi connectivity index (χ3n) is 15.5. The Kier molecular flexibility index (Phi) is 16.9. The molecule has 3 aliphatic heterocycles. The third kappa shape index (κ3) is 11.5. The molecule has 0 radical (unpaired) electrons. The third-order valence-corrected chi connectivity index (χ3v) is 15.5. The molecular formula is C54H76N2O12. The van der Waals surface area contributed by atoms with Crippen molar-refractivity contribution >= 4 is 34.3 Å². The van der Waals surface area contributed by atoms with E-state index in [2.05, 4.69) is 29.5 Å². The minimum absolute atomic E-state index is 0.00175. The number of esters is 1. The maximum atomic E-state index is 14.5. The van der Waals surface area contributed by atoms with Crippen LogP contribution >= 0.6 is 0 Å². The fourth-order valence-electron chi connectivity index (χ4n) is 11.4. The molecule has 374 valence electrons. The second kappa shape index (κ2) is 22.3. The number of Topliss-reactive ketones (excluding diaryl/α,β-unsaturated/α-hetero) is 2. The number of cyclic esters (lactones) is 1. The number of aliphatic hydroxyl groups is 3. The average molecular weight is 945 g/mol. The highest BCUT2D eigenvalue weighted by Crippen LogP contribution is 2.41. The molecule has 1 aromatic heterocycles. The number of fused-ring (bicyclic) bond motifs is 4. The summed E-state index contributed by atoms with van der Waals surface area (Å²) in [6.07, 6.45) is 8.89. The van der Waals surface area contributed by atoms with E-state index in [4.69, 9.17) is 23.7 Å². The molecule has 4 heterocycles. The van der Waals surface area contributed by atoms with Crippen molar-refractivity contribution < 1.29 is 58.2 Å². The highest BCUT2D eigenvalue weighted by Gasteiger charge is 2.56. The van der Waals surface area contributed by atoms with E-state index in [9.17, 15) is 34.5 Å². The Morgan fingerprint density at radius 2 is 1.65 bits per heavy atom. The predicted octanol–water partition coefficient (Wildman–Crippen LogP) is 7.36. The first-order chi connectivity index (χ1) is 32.5. The van der Waals surface area contributed by atoms with Crippen LogP contribution in [0, 0.1) is 29.6 Å². The number of ketones is 2. The molecule has 68 heavy (non-hydrogen) atoms. The van der Waals surface area contributed by atoms with Gasteiger partial charge in [0.2, 0.25) is 5.79 Å². The number of methoxy groups -OCH3 is 2. The number of benzene rings is 1. The number of allylic oxidation sites excluding steroid dienone is 4. The van der Waals surface area contributed by atoms with Gasteiger partial charge in [0.05, 0.1) is 24.4 Å². The zero-order valence-corrected chi connectivity index (χ0v) is 41.2. The molecule has 14 unspecified atom stereocenters. The van der Waals surface area contributed by atoms with Gasteiger partial charge in [-0.2, -0.15) is 0 Å². The van der Waals surface area contributed by atoms with Gasteiger partial charge in [-0.1, -0.05) is 44.6 Å². The average Bonchev–Trinajstić information content (AvgIpc) is 4.08. The van der Waals surface area contributed by atoms with E-state index >= 15 is 0 Å². The molecule has 2 aromatic rings. The first-order valence-electron chi connectivity index (χ1n) is 25.1. The van der Waals surface area contributed by atoms with Gasteiger partial charge in [-0.25, -0.2) is 4.79 Å². The zero-order valence-electron chi connectivity index (χ0n) is 41.2. The number of ether oxygens (including phenoxy) is 5. The molecule has 2 saturated heterocycles. The number of carbonyl (C=O) groups is 4. The van der Waals surface area contributed by atoms with E-state index in [1.807, 2.05) is 45.1 Å². The second-order valence-corrected chi connectivity index (χ2v) is 20.8. The molecule has 7 rings (SSSR count). The van der Waals surface area contributed by atoms with Gasteiger partial charge >= 0.3 is 5.97 Å². The van der Waals surface area contributed by atoms with E-state index in [0.717, 1.165) is 11.0 Å². The topological polar surface area (TPSA) is 183 Å². The lowest BCUT2D eigenvalue weighted by Gasteiger charge is -2.47. The summed E-state index contributed by atoms with van der Waals surface area (Å²) < 4.78 is 33.1. The molecule has 1 aromatic carbocycles. The molecule has 5 aliphatic rings. The lowest BCUT2D eigenvalue weighted by atomic mass is 9.81. The van der Waals surface area contributed by atoms with Crippen molar-refractivity contribution in [1.82, 2.24) is 9.47 Å². The fraction of sp³-hybridized carbons (Fsp3) is 0.667. The molecule has 0 spiro atoms. The quantitative estimate of drug-likeness (QED) is 0.129. The van der Waals surface area contributed by atoms with Gasteiger partial charge in [0.1, 0.15) is 35.9 Å². The number of hydrogen-bond donors (Lipinski definition) is 3. The van der Waals surface area contributed by atoms with Gasteiger partial charge in [-0.15, -0.1) is 6.58 Å². The van der Waals surface area contributed by atoms with Crippen LogP contribution in [-0.4, -0.2) is 124 Å². The Balaban J connectivity index is 1.16. The van der Waals surface area contributed by atoms with Crippen LogP contribution in [0.15, 0.2) is 66.4 Å². The maximum absolute atomic E-state index is 14.5. The fourth-order valence-corrected chi connectivity index (χ4v) is 11.4. The summed E-state index contributed by atoms with van der Waals surface area (Å²) in [7, 11) is 3.06. The molecule has 14 atom stereocenters. The van der Waals surface area contributed by atoms with Crippen LogP contribution in [0.5, 0.6) is 5.75 Å². The van der Waals surface area contributed by atoms with Crippen molar-refractivity contribution in [1.29, 1.82) is 0 Å². The molecule has 2 aliphatic carbocycles. The lowest BCUT2D eigenvalue weighted by molar-refractivity contribution is -0.302. The Morgan fingerprint density at radius 1 is 0.912 bits per heavy atom. The van der Waals surface area contributed by atoms with Crippen LogP contribution in [-0.2, 0) is 38.1 Å². The van der Waals surface area contributed by atoms with Gasteiger partial charge in [0.25, 0.3) is 11.7 Å². The number of aromatic nitrogens is 1. The summed E-state index contributed by atoms with van der Waals surface area (Å²) in [6, 6.07) is 7.56. The van der Waals surface area contributed by atoms with Crippen molar-refractivity contribution in [2.75, 3.05) is 20.8 Å². The molecule has 2 bridgehead atoms. The van der Waals surface area contributed by atoms with Crippen LogP contribution in [0.1, 0.15) is 124 Å². The Hall–Kier alpha value is -4.18. The van der Waals surface area contributed by atoms with E-state index in [1.54, 1.807) is 19.9 Å². The largest absolute Gasteiger partial charge is 0.488 e. The zero-order chi connectivity index (χ0) is 49.0. The van der Waals surface area contributed by atoms with Gasteiger partial charge in [-0.05, 0) is 133 Å². The summed E-state index contributed by atoms with van der Waals surface area (Å²) in [5.41, 5.74) is 2.75. The smallest absolute Gasteiger partial charge is 0.329 e. The van der Waals surface area contributed by atoms with Crippen molar-refractivity contribution in [2.45, 2.75) is 179 Å². The standard InChI is InChI=1S/C54H76N2O12/c1-9-12-38-24-31(2)23-32(3)25-47(64-7)50-48(65-8)27-34(5)54(63,68-50)51(60)52(61)56-21-11-10-13-42(56)53(62)67-49(35(6)43(57)30-44(38)58)33(4)26-36-14-19-46(45(59)28-36)66-40-17-18-41-37(29-40)20-22-55(41)39-15-16-39/h9,17-18,20,22,24,26,29,32,34-36,38-39,42-43,45-50,57,59,63H,1,10-16,19,21,23,25,27-28,30H2,2-8H3/b31-24+,33-26?. The van der Waals surface area contributed by atoms with Crippen LogP contribution in [0.25, 0.3) is 10.9 Å². The van der Waals surface area contributed by atoms with Crippen molar-refractivity contribution in [3.8, 4) is 5.75 Å².